The molecule has 0 unspecified atom stereocenters. The molecule has 0 aromatic heterocycles. The van der Waals surface area contributed by atoms with E-state index in [4.69, 9.17) is 9.02 Å². The number of nitrogens with zero attached hydrogens (tertiary/aromatic N) is 1. The summed E-state index contributed by atoms with van der Waals surface area (Å²) in [6, 6.07) is 0. The van der Waals surface area contributed by atoms with Crippen molar-refractivity contribution in [2.75, 3.05) is 32.1 Å². The molecule has 1 aliphatic rings. The predicted octanol–water partition coefficient (Wildman–Crippen LogP) is -0.556. The summed E-state index contributed by atoms with van der Waals surface area (Å²) in [4.78, 5) is 0. The van der Waals surface area contributed by atoms with Gasteiger partial charge in [0.05, 0.1) is 19.0 Å². The largest absolute Gasteiger partial charge is 2.00 e. The molecule has 5 nitrogen and oxygen atoms in total. The van der Waals surface area contributed by atoms with Crippen molar-refractivity contribution in [3.63, 3.8) is 0 Å². The third kappa shape index (κ3) is 5.51. The van der Waals surface area contributed by atoms with Crippen LogP contribution in [0.25, 0.3) is 0 Å². The first-order valence-corrected chi connectivity index (χ1v) is 5.47. The number of hydrogen-bond donors (Lipinski definition) is 0. The number of ether oxygens (including phenoxy) is 1. The normalized spacial score (nSPS) is 19.5. The standard InChI is InChI=1S/C6H13NO4S.Ca.2H/c1-2-12(8,9)11-7-3-5-10-6-4-7;;;/h2-6H2,1H3;;;/q;+2;2*-1. The first kappa shape index (κ1) is 14.1. The van der Waals surface area contributed by atoms with Crippen LogP contribution in [-0.4, -0.2) is 83.3 Å². The van der Waals surface area contributed by atoms with E-state index in [1.807, 2.05) is 0 Å². The van der Waals surface area contributed by atoms with E-state index >= 15 is 0 Å². The number of hydroxylamine groups is 2. The fourth-order valence-corrected chi connectivity index (χ4v) is 1.41. The van der Waals surface area contributed by atoms with E-state index in [0.717, 1.165) is 0 Å². The van der Waals surface area contributed by atoms with Crippen molar-refractivity contribution in [2.45, 2.75) is 6.92 Å². The van der Waals surface area contributed by atoms with Crippen LogP contribution in [0.2, 0.25) is 0 Å². The molecule has 1 rings (SSSR count). The van der Waals surface area contributed by atoms with Gasteiger partial charge in [-0.15, -0.1) is 0 Å². The van der Waals surface area contributed by atoms with E-state index in [2.05, 4.69) is 0 Å². The van der Waals surface area contributed by atoms with Crippen LogP contribution in [0.5, 0.6) is 0 Å². The Morgan fingerprint density at radius 3 is 2.46 bits per heavy atom. The van der Waals surface area contributed by atoms with E-state index in [9.17, 15) is 8.42 Å². The van der Waals surface area contributed by atoms with Crippen LogP contribution < -0.4 is 0 Å². The van der Waals surface area contributed by atoms with Gasteiger partial charge in [-0.2, -0.15) is 17.8 Å². The van der Waals surface area contributed by atoms with Gasteiger partial charge in [-0.3, -0.25) is 0 Å². The Morgan fingerprint density at radius 2 is 2.00 bits per heavy atom. The van der Waals surface area contributed by atoms with Crippen LogP contribution in [0.1, 0.15) is 9.78 Å². The molecule has 0 aromatic rings. The number of hydrogen-bond acceptors (Lipinski definition) is 5. The van der Waals surface area contributed by atoms with Gasteiger partial charge in [0.25, 0.3) is 10.1 Å². The van der Waals surface area contributed by atoms with E-state index in [0.29, 0.717) is 26.3 Å². The second kappa shape index (κ2) is 6.55. The Labute approximate surface area is 111 Å². The van der Waals surface area contributed by atoms with Gasteiger partial charge in [0.15, 0.2) is 0 Å². The zero-order valence-electron chi connectivity index (χ0n) is 9.73. The summed E-state index contributed by atoms with van der Waals surface area (Å²) in [5, 5.41) is 1.42. The molecule has 1 heterocycles. The zero-order valence-corrected chi connectivity index (χ0v) is 10.8. The number of rotatable bonds is 3. The Balaban J connectivity index is -0.000000480. The van der Waals surface area contributed by atoms with Crippen molar-refractivity contribution >= 4 is 47.9 Å². The predicted molar refractivity (Wildman–Crippen MR) is 50.9 cm³/mol. The first-order valence-electron chi connectivity index (χ1n) is 3.89. The summed E-state index contributed by atoms with van der Waals surface area (Å²) in [6.07, 6.45) is 0. The van der Waals surface area contributed by atoms with Crippen molar-refractivity contribution in [3.8, 4) is 0 Å². The Hall–Kier alpha value is 1.09. The van der Waals surface area contributed by atoms with Gasteiger partial charge in [-0.25, -0.2) is 0 Å². The SMILES string of the molecule is CCS(=O)(=O)ON1CCOCC1.[Ca+2].[H-].[H-]. The van der Waals surface area contributed by atoms with Gasteiger partial charge in [-0.05, 0) is 6.92 Å². The topological polar surface area (TPSA) is 55.8 Å². The van der Waals surface area contributed by atoms with Crippen LogP contribution in [0, 0.1) is 0 Å². The molecule has 0 bridgehead atoms. The Bertz CT molecular complexity index is 233. The first-order chi connectivity index (χ1) is 5.64. The molecule has 76 valence electrons. The third-order valence-corrected chi connectivity index (χ3v) is 2.69. The summed E-state index contributed by atoms with van der Waals surface area (Å²) < 4.78 is 31.7. The fourth-order valence-electron chi connectivity index (χ4n) is 0.834. The molecule has 13 heavy (non-hydrogen) atoms. The van der Waals surface area contributed by atoms with E-state index < -0.39 is 10.1 Å². The summed E-state index contributed by atoms with van der Waals surface area (Å²) in [6.45, 7) is 3.63. The Kier molecular flexibility index (Phi) is 7.10. The second-order valence-electron chi connectivity index (χ2n) is 2.46. The average molecular weight is 237 g/mol. The van der Waals surface area contributed by atoms with E-state index in [-0.39, 0.29) is 46.3 Å². The summed E-state index contributed by atoms with van der Waals surface area (Å²) in [5.41, 5.74) is 0. The van der Waals surface area contributed by atoms with Gasteiger partial charge >= 0.3 is 37.7 Å². The molecule has 0 aliphatic carbocycles. The molecular formula is C6H15CaNO4S. The zero-order chi connectivity index (χ0) is 9.03. The van der Waals surface area contributed by atoms with Crippen molar-refractivity contribution in [1.29, 1.82) is 0 Å². The van der Waals surface area contributed by atoms with Gasteiger partial charge in [-0.1, -0.05) is 0 Å². The van der Waals surface area contributed by atoms with Crippen LogP contribution >= 0.6 is 0 Å². The fraction of sp³-hybridized carbons (Fsp3) is 1.00. The van der Waals surface area contributed by atoms with Crippen LogP contribution in [0.15, 0.2) is 0 Å². The summed E-state index contributed by atoms with van der Waals surface area (Å²) in [5.74, 6) is 0.00432. The molecule has 0 amide bonds. The van der Waals surface area contributed by atoms with E-state index in [1.165, 1.54) is 5.06 Å². The molecule has 1 aliphatic heterocycles. The molecule has 0 N–H and O–H groups in total. The van der Waals surface area contributed by atoms with Gasteiger partial charge in [0, 0.05) is 13.1 Å². The molecule has 1 saturated heterocycles. The number of morpholine rings is 1. The maximum Gasteiger partial charge on any atom is 2.00 e. The Morgan fingerprint density at radius 1 is 1.46 bits per heavy atom. The van der Waals surface area contributed by atoms with Crippen molar-refractivity contribution in [3.05, 3.63) is 0 Å². The van der Waals surface area contributed by atoms with Crippen LogP contribution in [0.4, 0.5) is 0 Å². The monoisotopic (exact) mass is 237 g/mol. The van der Waals surface area contributed by atoms with Gasteiger partial charge in [0.1, 0.15) is 0 Å². The maximum absolute atomic E-state index is 11.0. The molecule has 0 aromatic carbocycles. The molecule has 0 radical (unpaired) electrons. The summed E-state index contributed by atoms with van der Waals surface area (Å²) in [7, 11) is -3.35. The third-order valence-electron chi connectivity index (χ3n) is 1.54. The minimum Gasteiger partial charge on any atom is -1.00 e. The molecule has 0 spiro atoms. The molecule has 7 heteroatoms. The summed E-state index contributed by atoms with van der Waals surface area (Å²) >= 11 is 0. The molecule has 0 atom stereocenters. The van der Waals surface area contributed by atoms with Crippen LogP contribution in [-0.2, 0) is 19.1 Å². The minimum absolute atomic E-state index is 0. The van der Waals surface area contributed by atoms with Gasteiger partial charge in [0.2, 0.25) is 0 Å². The molecular weight excluding hydrogens is 222 g/mol. The van der Waals surface area contributed by atoms with E-state index in [1.54, 1.807) is 6.92 Å². The van der Waals surface area contributed by atoms with Crippen molar-refractivity contribution < 1.29 is 20.3 Å². The smallest absolute Gasteiger partial charge is 1.00 e. The van der Waals surface area contributed by atoms with Crippen molar-refractivity contribution in [2.24, 2.45) is 0 Å². The molecule has 0 saturated carbocycles. The average Bonchev–Trinajstić information content (AvgIpc) is 2.06. The van der Waals surface area contributed by atoms with Crippen LogP contribution in [0.3, 0.4) is 0 Å². The quantitative estimate of drug-likeness (QED) is 0.616. The molecule has 1 fully saturated rings. The maximum atomic E-state index is 11.0. The van der Waals surface area contributed by atoms with Gasteiger partial charge < -0.3 is 7.59 Å². The second-order valence-corrected chi connectivity index (χ2v) is 4.30. The van der Waals surface area contributed by atoms with Crippen molar-refractivity contribution in [1.82, 2.24) is 5.06 Å². The minimum atomic E-state index is -3.35.